The Kier molecular flexibility index (Phi) is 4.01. The molecule has 84 valence electrons. The van der Waals surface area contributed by atoms with Gasteiger partial charge in [0.15, 0.2) is 0 Å². The Morgan fingerprint density at radius 2 is 1.73 bits per heavy atom. The third kappa shape index (κ3) is 4.11. The van der Waals surface area contributed by atoms with Gasteiger partial charge in [-0.25, -0.2) is 0 Å². The molecule has 0 spiro atoms. The Balaban J connectivity index is 2.72. The molecule has 1 aromatic rings. The lowest BCUT2D eigenvalue weighted by Crippen LogP contribution is -2.20. The van der Waals surface area contributed by atoms with Crippen molar-refractivity contribution < 1.29 is 13.2 Å². The van der Waals surface area contributed by atoms with E-state index < -0.39 is 5.51 Å². The van der Waals surface area contributed by atoms with Gasteiger partial charge in [0.25, 0.3) is 0 Å². The summed E-state index contributed by atoms with van der Waals surface area (Å²) in [5, 5.41) is 0. The van der Waals surface area contributed by atoms with E-state index >= 15 is 0 Å². The van der Waals surface area contributed by atoms with Gasteiger partial charge in [0.1, 0.15) is 0 Å². The van der Waals surface area contributed by atoms with Crippen LogP contribution in [0.3, 0.4) is 0 Å². The van der Waals surface area contributed by atoms with Crippen LogP contribution in [0, 0.1) is 0 Å². The molecule has 1 rings (SSSR count). The Morgan fingerprint density at radius 3 is 2.13 bits per heavy atom. The van der Waals surface area contributed by atoms with Crippen molar-refractivity contribution in [1.29, 1.82) is 0 Å². The van der Waals surface area contributed by atoms with E-state index in [0.29, 0.717) is 0 Å². The first-order valence-electron chi connectivity index (χ1n) is 4.24. The number of rotatable bonds is 3. The molecular formula is C9H11F3N2S. The maximum atomic E-state index is 12.0. The van der Waals surface area contributed by atoms with Crippen LogP contribution >= 0.6 is 11.8 Å². The van der Waals surface area contributed by atoms with E-state index in [4.69, 9.17) is 11.5 Å². The lowest BCUT2D eigenvalue weighted by molar-refractivity contribution is -0.0328. The smallest absolute Gasteiger partial charge is 0.329 e. The van der Waals surface area contributed by atoms with E-state index in [0.717, 1.165) is 5.56 Å². The fraction of sp³-hybridized carbons (Fsp3) is 0.333. The number of halogens is 3. The number of hydrogen-bond donors (Lipinski definition) is 2. The largest absolute Gasteiger partial charge is 0.446 e. The molecule has 0 aliphatic heterocycles. The summed E-state index contributed by atoms with van der Waals surface area (Å²) in [7, 11) is 0. The Bertz CT molecular complexity index is 310. The zero-order chi connectivity index (χ0) is 11.5. The molecule has 0 bridgehead atoms. The first-order chi connectivity index (χ1) is 6.92. The quantitative estimate of drug-likeness (QED) is 0.791. The SMILES string of the molecule is NC[C@@H](N)c1ccc(SC(F)(F)F)cc1. The highest BCUT2D eigenvalue weighted by Crippen LogP contribution is 2.36. The molecule has 0 heterocycles. The molecule has 1 atom stereocenters. The van der Waals surface area contributed by atoms with Crippen LogP contribution in [-0.4, -0.2) is 12.1 Å². The molecule has 0 unspecified atom stereocenters. The summed E-state index contributed by atoms with van der Waals surface area (Å²) in [6, 6.07) is 5.58. The normalized spacial score (nSPS) is 13.9. The van der Waals surface area contributed by atoms with Crippen LogP contribution in [0.1, 0.15) is 11.6 Å². The van der Waals surface area contributed by atoms with Crippen LogP contribution in [0.25, 0.3) is 0 Å². The van der Waals surface area contributed by atoms with Gasteiger partial charge in [-0.15, -0.1) is 0 Å². The standard InChI is InChI=1S/C9H11F3N2S/c10-9(11,12)15-7-3-1-6(2-4-7)8(14)5-13/h1-4,8H,5,13-14H2/t8-/m1/s1. The highest BCUT2D eigenvalue weighted by Gasteiger charge is 2.29. The summed E-state index contributed by atoms with van der Waals surface area (Å²) >= 11 is -0.143. The van der Waals surface area contributed by atoms with Gasteiger partial charge in [-0.3, -0.25) is 0 Å². The lowest BCUT2D eigenvalue weighted by atomic mass is 10.1. The summed E-state index contributed by atoms with van der Waals surface area (Å²) in [5.41, 5.74) is 7.44. The van der Waals surface area contributed by atoms with Gasteiger partial charge in [0.05, 0.1) is 0 Å². The third-order valence-electron chi connectivity index (χ3n) is 1.80. The molecule has 0 amide bonds. The fourth-order valence-corrected chi connectivity index (χ4v) is 1.59. The van der Waals surface area contributed by atoms with Gasteiger partial charge in [-0.2, -0.15) is 13.2 Å². The fourth-order valence-electron chi connectivity index (χ4n) is 1.05. The second kappa shape index (κ2) is 4.87. The first-order valence-corrected chi connectivity index (χ1v) is 5.05. The van der Waals surface area contributed by atoms with Crippen molar-refractivity contribution in [3.05, 3.63) is 29.8 Å². The van der Waals surface area contributed by atoms with Crippen molar-refractivity contribution in [3.63, 3.8) is 0 Å². The second-order valence-electron chi connectivity index (χ2n) is 2.96. The summed E-state index contributed by atoms with van der Waals surface area (Å²) < 4.78 is 36.0. The van der Waals surface area contributed by atoms with Crippen molar-refractivity contribution >= 4 is 11.8 Å². The molecule has 0 aliphatic rings. The number of thioether (sulfide) groups is 1. The molecule has 4 N–H and O–H groups in total. The molecule has 6 heteroatoms. The van der Waals surface area contributed by atoms with Gasteiger partial charge in [-0.1, -0.05) is 12.1 Å². The maximum Gasteiger partial charge on any atom is 0.446 e. The van der Waals surface area contributed by atoms with Gasteiger partial charge in [0.2, 0.25) is 0 Å². The van der Waals surface area contributed by atoms with Crippen molar-refractivity contribution in [1.82, 2.24) is 0 Å². The first kappa shape index (κ1) is 12.4. The zero-order valence-electron chi connectivity index (χ0n) is 7.79. The molecule has 0 aliphatic carbocycles. The van der Waals surface area contributed by atoms with Crippen molar-refractivity contribution in [2.24, 2.45) is 11.5 Å². The van der Waals surface area contributed by atoms with Crippen molar-refractivity contribution in [2.45, 2.75) is 16.4 Å². The van der Waals surface area contributed by atoms with Crippen molar-refractivity contribution in [3.8, 4) is 0 Å². The Labute approximate surface area is 89.8 Å². The predicted octanol–water partition coefficient (Wildman–Crippen LogP) is 2.26. The van der Waals surface area contributed by atoms with E-state index in [1.165, 1.54) is 12.1 Å². The summed E-state index contributed by atoms with van der Waals surface area (Å²) in [6.45, 7) is 0.270. The Hall–Kier alpha value is -0.720. The molecule has 0 saturated carbocycles. The van der Waals surface area contributed by atoms with Gasteiger partial charge in [0, 0.05) is 17.5 Å². The topological polar surface area (TPSA) is 52.0 Å². The number of nitrogens with two attached hydrogens (primary N) is 2. The lowest BCUT2D eigenvalue weighted by Gasteiger charge is -2.10. The van der Waals surface area contributed by atoms with Crippen molar-refractivity contribution in [2.75, 3.05) is 6.54 Å². The van der Waals surface area contributed by atoms with Crippen LogP contribution in [0.4, 0.5) is 13.2 Å². The maximum absolute atomic E-state index is 12.0. The minimum atomic E-state index is -4.25. The van der Waals surface area contributed by atoms with E-state index in [-0.39, 0.29) is 29.2 Å². The van der Waals surface area contributed by atoms with Crippen LogP contribution in [-0.2, 0) is 0 Å². The summed E-state index contributed by atoms with van der Waals surface area (Å²) in [5.74, 6) is 0. The molecular weight excluding hydrogens is 225 g/mol. The molecule has 0 fully saturated rings. The van der Waals surface area contributed by atoms with Crippen LogP contribution < -0.4 is 11.5 Å². The summed E-state index contributed by atoms with van der Waals surface area (Å²) in [6.07, 6.45) is 0. The average molecular weight is 236 g/mol. The van der Waals surface area contributed by atoms with E-state index in [9.17, 15) is 13.2 Å². The van der Waals surface area contributed by atoms with Crippen LogP contribution in [0.5, 0.6) is 0 Å². The van der Waals surface area contributed by atoms with Crippen LogP contribution in [0.2, 0.25) is 0 Å². The van der Waals surface area contributed by atoms with Gasteiger partial charge in [-0.05, 0) is 29.5 Å². The molecule has 1 aromatic carbocycles. The highest BCUT2D eigenvalue weighted by atomic mass is 32.2. The minimum Gasteiger partial charge on any atom is -0.329 e. The van der Waals surface area contributed by atoms with Gasteiger partial charge < -0.3 is 11.5 Å². The monoisotopic (exact) mass is 236 g/mol. The molecule has 0 saturated heterocycles. The molecule has 2 nitrogen and oxygen atoms in total. The molecule has 15 heavy (non-hydrogen) atoms. The Morgan fingerprint density at radius 1 is 1.20 bits per heavy atom. The van der Waals surface area contributed by atoms with E-state index in [1.807, 2.05) is 0 Å². The predicted molar refractivity (Wildman–Crippen MR) is 54.3 cm³/mol. The average Bonchev–Trinajstić information content (AvgIpc) is 2.15. The van der Waals surface area contributed by atoms with E-state index in [2.05, 4.69) is 0 Å². The molecule has 0 radical (unpaired) electrons. The summed E-state index contributed by atoms with van der Waals surface area (Å²) in [4.78, 5) is 0.149. The number of hydrogen-bond acceptors (Lipinski definition) is 3. The van der Waals surface area contributed by atoms with Crippen LogP contribution in [0.15, 0.2) is 29.2 Å². The number of alkyl halides is 3. The third-order valence-corrected chi connectivity index (χ3v) is 2.54. The number of benzene rings is 1. The van der Waals surface area contributed by atoms with E-state index in [1.54, 1.807) is 12.1 Å². The zero-order valence-corrected chi connectivity index (χ0v) is 8.61. The van der Waals surface area contributed by atoms with Gasteiger partial charge >= 0.3 is 5.51 Å². The second-order valence-corrected chi connectivity index (χ2v) is 4.10. The minimum absolute atomic E-state index is 0.143. The highest BCUT2D eigenvalue weighted by molar-refractivity contribution is 8.00. The molecule has 0 aromatic heterocycles.